The summed E-state index contributed by atoms with van der Waals surface area (Å²) in [6.07, 6.45) is 0.759. The van der Waals surface area contributed by atoms with Crippen molar-refractivity contribution in [3.8, 4) is 0 Å². The summed E-state index contributed by atoms with van der Waals surface area (Å²) in [5.41, 5.74) is 2.23. The number of carbonyl (C=O) groups excluding carboxylic acids is 1. The molecule has 1 aromatic rings. The Morgan fingerprint density at radius 1 is 1.56 bits per heavy atom. The van der Waals surface area contributed by atoms with Crippen LogP contribution in [0.25, 0.3) is 0 Å². The van der Waals surface area contributed by atoms with Crippen LogP contribution in [0.3, 0.4) is 0 Å². The summed E-state index contributed by atoms with van der Waals surface area (Å²) < 4.78 is 1.34. The van der Waals surface area contributed by atoms with E-state index in [1.165, 1.54) is 4.73 Å². The number of fused-ring (bicyclic) bond motifs is 1. The zero-order valence-corrected chi connectivity index (χ0v) is 10.9. The Morgan fingerprint density at radius 2 is 2.28 bits per heavy atom. The second-order valence-electron chi connectivity index (χ2n) is 4.85. The quantitative estimate of drug-likeness (QED) is 0.845. The number of nitrogens with zero attached hydrogens (tertiary/aromatic N) is 1. The molecule has 1 N–H and O–H groups in total. The van der Waals surface area contributed by atoms with Crippen molar-refractivity contribution in [3.05, 3.63) is 33.2 Å². The molecule has 0 radical (unpaired) electrons. The normalized spacial score (nSPS) is 13.3. The first-order valence-corrected chi connectivity index (χ1v) is 6.16. The van der Waals surface area contributed by atoms with Crippen molar-refractivity contribution in [2.75, 3.05) is 6.61 Å². The monoisotopic (exact) mass is 250 g/mol. The summed E-state index contributed by atoms with van der Waals surface area (Å²) in [7, 11) is 0. The van der Waals surface area contributed by atoms with Gasteiger partial charge in [-0.15, -0.1) is 4.73 Å². The van der Waals surface area contributed by atoms with Crippen molar-refractivity contribution in [1.29, 1.82) is 0 Å². The molecular weight excluding hydrogens is 232 g/mol. The minimum Gasteiger partial charge on any atom is -0.410 e. The standard InChI is InChI=1S/C13H18N2O3/c1-8(2)12(16)14-7-11-9(3)6-10-4-5-18-15(10)13(11)17/h6,8H,4-5,7H2,1-3H3,(H,14,16). The zero-order chi connectivity index (χ0) is 13.3. The van der Waals surface area contributed by atoms with Crippen LogP contribution in [0.15, 0.2) is 10.9 Å². The van der Waals surface area contributed by atoms with E-state index in [1.807, 2.05) is 26.8 Å². The highest BCUT2D eigenvalue weighted by Gasteiger charge is 2.18. The Bertz CT molecular complexity index is 532. The number of rotatable bonds is 3. The van der Waals surface area contributed by atoms with Crippen LogP contribution in [0.4, 0.5) is 0 Å². The smallest absolute Gasteiger partial charge is 0.288 e. The molecule has 1 aliphatic rings. The first-order chi connectivity index (χ1) is 8.50. The van der Waals surface area contributed by atoms with Gasteiger partial charge >= 0.3 is 0 Å². The predicted molar refractivity (Wildman–Crippen MR) is 67.3 cm³/mol. The summed E-state index contributed by atoms with van der Waals surface area (Å²) in [6, 6.07) is 1.95. The number of nitrogens with one attached hydrogen (secondary N) is 1. The summed E-state index contributed by atoms with van der Waals surface area (Å²) in [4.78, 5) is 28.9. The van der Waals surface area contributed by atoms with Crippen molar-refractivity contribution in [2.45, 2.75) is 33.7 Å². The van der Waals surface area contributed by atoms with Crippen LogP contribution in [-0.4, -0.2) is 17.2 Å². The third-order valence-electron chi connectivity index (χ3n) is 3.10. The Hall–Kier alpha value is -1.78. The lowest BCUT2D eigenvalue weighted by Gasteiger charge is -2.11. The summed E-state index contributed by atoms with van der Waals surface area (Å²) in [5, 5.41) is 2.76. The minimum absolute atomic E-state index is 0.0554. The van der Waals surface area contributed by atoms with Crippen LogP contribution in [0.5, 0.6) is 0 Å². The van der Waals surface area contributed by atoms with Crippen molar-refractivity contribution in [2.24, 2.45) is 5.92 Å². The fourth-order valence-corrected chi connectivity index (χ4v) is 1.97. The molecule has 0 spiro atoms. The van der Waals surface area contributed by atoms with Crippen molar-refractivity contribution in [3.63, 3.8) is 0 Å². The highest BCUT2D eigenvalue weighted by molar-refractivity contribution is 5.77. The molecule has 5 heteroatoms. The Balaban J connectivity index is 2.24. The topological polar surface area (TPSA) is 60.3 Å². The van der Waals surface area contributed by atoms with Crippen molar-refractivity contribution < 1.29 is 9.63 Å². The summed E-state index contributed by atoms with van der Waals surface area (Å²) >= 11 is 0. The highest BCUT2D eigenvalue weighted by Crippen LogP contribution is 2.10. The van der Waals surface area contributed by atoms with Gasteiger partial charge in [-0.05, 0) is 18.6 Å². The molecule has 0 atom stereocenters. The molecule has 1 aliphatic heterocycles. The largest absolute Gasteiger partial charge is 0.410 e. The van der Waals surface area contributed by atoms with Crippen LogP contribution in [-0.2, 0) is 17.8 Å². The number of hydrogen-bond donors (Lipinski definition) is 1. The molecule has 2 heterocycles. The van der Waals surface area contributed by atoms with E-state index in [-0.39, 0.29) is 23.9 Å². The van der Waals surface area contributed by atoms with E-state index in [0.29, 0.717) is 12.2 Å². The van der Waals surface area contributed by atoms with Gasteiger partial charge in [-0.2, -0.15) is 0 Å². The van der Waals surface area contributed by atoms with E-state index in [2.05, 4.69) is 5.32 Å². The maximum absolute atomic E-state index is 12.2. The van der Waals surface area contributed by atoms with Gasteiger partial charge in [0.1, 0.15) is 6.61 Å². The summed E-state index contributed by atoms with van der Waals surface area (Å²) in [5.74, 6) is -0.140. The number of pyridine rings is 1. The van der Waals surface area contributed by atoms with Gasteiger partial charge in [0.2, 0.25) is 5.91 Å². The minimum atomic E-state index is -0.161. The molecule has 2 rings (SSSR count). The molecule has 0 aliphatic carbocycles. The fourth-order valence-electron chi connectivity index (χ4n) is 1.97. The van der Waals surface area contributed by atoms with Crippen LogP contribution < -0.4 is 15.7 Å². The van der Waals surface area contributed by atoms with E-state index in [4.69, 9.17) is 4.84 Å². The zero-order valence-electron chi connectivity index (χ0n) is 10.9. The molecule has 1 aromatic heterocycles. The number of amides is 1. The Morgan fingerprint density at radius 3 is 2.94 bits per heavy atom. The molecule has 0 aromatic carbocycles. The SMILES string of the molecule is Cc1cc2n(c(=O)c1CNC(=O)C(C)C)OCC2. The van der Waals surface area contributed by atoms with Gasteiger partial charge < -0.3 is 10.2 Å². The van der Waals surface area contributed by atoms with Crippen LogP contribution >= 0.6 is 0 Å². The molecular formula is C13H18N2O3. The molecule has 18 heavy (non-hydrogen) atoms. The number of carbonyl (C=O) groups is 1. The molecule has 0 unspecified atom stereocenters. The van der Waals surface area contributed by atoms with Crippen LogP contribution in [0.1, 0.15) is 30.7 Å². The molecule has 0 fully saturated rings. The number of aromatic nitrogens is 1. The van der Waals surface area contributed by atoms with Gasteiger partial charge in [-0.1, -0.05) is 13.8 Å². The van der Waals surface area contributed by atoms with Gasteiger partial charge in [0, 0.05) is 24.4 Å². The lowest BCUT2D eigenvalue weighted by Crippen LogP contribution is -2.34. The molecule has 1 amide bonds. The van der Waals surface area contributed by atoms with E-state index >= 15 is 0 Å². The molecule has 0 saturated carbocycles. The predicted octanol–water partition coefficient (Wildman–Crippen LogP) is 0.414. The Kier molecular flexibility index (Phi) is 3.41. The highest BCUT2D eigenvalue weighted by atomic mass is 16.7. The number of aryl methyl sites for hydroxylation is 1. The maximum Gasteiger partial charge on any atom is 0.288 e. The maximum atomic E-state index is 12.2. The molecule has 0 bridgehead atoms. The average molecular weight is 250 g/mol. The second-order valence-corrected chi connectivity index (χ2v) is 4.85. The van der Waals surface area contributed by atoms with Crippen molar-refractivity contribution >= 4 is 5.91 Å². The van der Waals surface area contributed by atoms with Crippen LogP contribution in [0, 0.1) is 12.8 Å². The molecule has 98 valence electrons. The van der Waals surface area contributed by atoms with Gasteiger partial charge in [-0.25, -0.2) is 0 Å². The van der Waals surface area contributed by atoms with E-state index in [9.17, 15) is 9.59 Å². The molecule has 0 saturated heterocycles. The van der Waals surface area contributed by atoms with E-state index < -0.39 is 0 Å². The second kappa shape index (κ2) is 4.84. The number of hydrogen-bond acceptors (Lipinski definition) is 3. The third kappa shape index (κ3) is 2.25. The van der Waals surface area contributed by atoms with Gasteiger partial charge in [0.25, 0.3) is 5.56 Å². The van der Waals surface area contributed by atoms with Gasteiger partial charge in [0.15, 0.2) is 0 Å². The first-order valence-electron chi connectivity index (χ1n) is 6.16. The summed E-state index contributed by atoms with van der Waals surface area (Å²) in [6.45, 7) is 6.32. The van der Waals surface area contributed by atoms with Gasteiger partial charge in [0.05, 0.1) is 5.69 Å². The lowest BCUT2D eigenvalue weighted by atomic mass is 10.1. The fraction of sp³-hybridized carbons (Fsp3) is 0.538. The lowest BCUT2D eigenvalue weighted by molar-refractivity contribution is -0.124. The van der Waals surface area contributed by atoms with E-state index in [0.717, 1.165) is 17.7 Å². The average Bonchev–Trinajstić information content (AvgIpc) is 2.76. The molecule has 5 nitrogen and oxygen atoms in total. The Labute approximate surface area is 106 Å². The van der Waals surface area contributed by atoms with E-state index in [1.54, 1.807) is 0 Å². The third-order valence-corrected chi connectivity index (χ3v) is 3.10. The van der Waals surface area contributed by atoms with Gasteiger partial charge in [-0.3, -0.25) is 9.59 Å². The first kappa shape index (κ1) is 12.7. The van der Waals surface area contributed by atoms with Crippen molar-refractivity contribution in [1.82, 2.24) is 10.0 Å². The van der Waals surface area contributed by atoms with Crippen LogP contribution in [0.2, 0.25) is 0 Å².